The Morgan fingerprint density at radius 3 is 2.83 bits per heavy atom. The number of nitrogens with zero attached hydrogens (tertiary/aromatic N) is 6. The lowest BCUT2D eigenvalue weighted by molar-refractivity contribution is 0.0787. The molecule has 2 aliphatic heterocycles. The second-order valence-electron chi connectivity index (χ2n) is 7.23. The number of hydrogen-bond donors (Lipinski definition) is 0. The molecule has 1 amide bonds. The van der Waals surface area contributed by atoms with Crippen molar-refractivity contribution in [2.24, 2.45) is 0 Å². The van der Waals surface area contributed by atoms with Crippen molar-refractivity contribution in [1.82, 2.24) is 29.5 Å². The molecule has 0 spiro atoms. The third kappa shape index (κ3) is 3.40. The Balaban J connectivity index is 0.00000205. The summed E-state index contributed by atoms with van der Waals surface area (Å²) in [5.74, 6) is 0.259. The molecule has 0 aliphatic carbocycles. The number of likely N-dealkylation sites (tertiary alicyclic amines) is 1. The molecule has 2 aromatic heterocycles. The Labute approximate surface area is 172 Å². The van der Waals surface area contributed by atoms with Crippen molar-refractivity contribution in [1.29, 1.82) is 0 Å². The molecule has 5 rings (SSSR count). The van der Waals surface area contributed by atoms with Gasteiger partial charge in [0.2, 0.25) is 11.7 Å². The van der Waals surface area contributed by atoms with E-state index in [0.29, 0.717) is 41.7 Å². The van der Waals surface area contributed by atoms with E-state index < -0.39 is 5.82 Å². The first kappa shape index (κ1) is 19.5. The SMILES string of the molecule is CN1Cc2c(-c3noc(CN4CCCC4)n3)ncn2-c2ccc(F)cc2C1=O.Cl. The highest BCUT2D eigenvalue weighted by Crippen LogP contribution is 2.30. The number of amides is 1. The molecular formula is C19H20ClFN6O2. The molecule has 1 fully saturated rings. The Morgan fingerprint density at radius 1 is 1.24 bits per heavy atom. The zero-order valence-corrected chi connectivity index (χ0v) is 16.7. The van der Waals surface area contributed by atoms with Crippen molar-refractivity contribution < 1.29 is 13.7 Å². The minimum atomic E-state index is -0.450. The van der Waals surface area contributed by atoms with Gasteiger partial charge in [-0.15, -0.1) is 12.4 Å². The van der Waals surface area contributed by atoms with Crippen molar-refractivity contribution in [3.8, 4) is 17.2 Å². The van der Waals surface area contributed by atoms with Gasteiger partial charge in [0.1, 0.15) is 17.8 Å². The van der Waals surface area contributed by atoms with Gasteiger partial charge in [0, 0.05) is 7.05 Å². The molecule has 1 saturated heterocycles. The fraction of sp³-hybridized carbons (Fsp3) is 0.368. The van der Waals surface area contributed by atoms with Gasteiger partial charge in [-0.05, 0) is 44.1 Å². The van der Waals surface area contributed by atoms with Gasteiger partial charge in [0.15, 0.2) is 0 Å². The molecule has 0 saturated carbocycles. The number of hydrogen-bond acceptors (Lipinski definition) is 6. The average molecular weight is 419 g/mol. The smallest absolute Gasteiger partial charge is 0.256 e. The number of halogens is 2. The van der Waals surface area contributed by atoms with Gasteiger partial charge >= 0.3 is 0 Å². The van der Waals surface area contributed by atoms with E-state index >= 15 is 0 Å². The molecule has 1 aromatic carbocycles. The molecule has 0 atom stereocenters. The summed E-state index contributed by atoms with van der Waals surface area (Å²) in [5, 5.41) is 4.10. The number of benzene rings is 1. The third-order valence-electron chi connectivity index (χ3n) is 5.29. The Kier molecular flexibility index (Phi) is 5.10. The Morgan fingerprint density at radius 2 is 2.03 bits per heavy atom. The van der Waals surface area contributed by atoms with Crippen LogP contribution in [0, 0.1) is 5.82 Å². The predicted octanol–water partition coefficient (Wildman–Crippen LogP) is 2.66. The minimum absolute atomic E-state index is 0. The third-order valence-corrected chi connectivity index (χ3v) is 5.29. The standard InChI is InChI=1S/C19H19FN6O2.ClH/c1-24-9-15-17(18-22-16(28-23-18)10-25-6-2-3-7-25)21-11-26(15)14-5-4-12(20)8-13(14)19(24)27;/h4-5,8,11H,2-3,6-7,9-10H2,1H3;1H. The van der Waals surface area contributed by atoms with Crippen LogP contribution in [0.1, 0.15) is 34.8 Å². The highest BCUT2D eigenvalue weighted by molar-refractivity contribution is 5.98. The van der Waals surface area contributed by atoms with E-state index in [4.69, 9.17) is 4.52 Å². The minimum Gasteiger partial charge on any atom is -0.337 e. The lowest BCUT2D eigenvalue weighted by atomic mass is 10.1. The number of imidazole rings is 1. The summed E-state index contributed by atoms with van der Waals surface area (Å²) >= 11 is 0. The normalized spacial score (nSPS) is 16.3. The summed E-state index contributed by atoms with van der Waals surface area (Å²) < 4.78 is 20.9. The van der Waals surface area contributed by atoms with E-state index in [2.05, 4.69) is 20.0 Å². The van der Waals surface area contributed by atoms with Crippen LogP contribution in [0.2, 0.25) is 0 Å². The number of carbonyl (C=O) groups is 1. The molecule has 152 valence electrons. The number of aromatic nitrogens is 4. The van der Waals surface area contributed by atoms with Crippen LogP contribution in [0.25, 0.3) is 17.2 Å². The van der Waals surface area contributed by atoms with Crippen molar-refractivity contribution in [2.45, 2.75) is 25.9 Å². The van der Waals surface area contributed by atoms with Crippen LogP contribution in [0.3, 0.4) is 0 Å². The van der Waals surface area contributed by atoms with E-state index in [0.717, 1.165) is 18.8 Å². The topological polar surface area (TPSA) is 80.3 Å². The van der Waals surface area contributed by atoms with Crippen LogP contribution >= 0.6 is 12.4 Å². The second-order valence-corrected chi connectivity index (χ2v) is 7.23. The van der Waals surface area contributed by atoms with E-state index in [1.807, 2.05) is 0 Å². The number of fused-ring (bicyclic) bond motifs is 3. The maximum Gasteiger partial charge on any atom is 0.256 e. The van der Waals surface area contributed by atoms with Crippen LogP contribution in [0.15, 0.2) is 29.0 Å². The predicted molar refractivity (Wildman–Crippen MR) is 104 cm³/mol. The van der Waals surface area contributed by atoms with Gasteiger partial charge in [-0.1, -0.05) is 5.16 Å². The molecule has 10 heteroatoms. The lowest BCUT2D eigenvalue weighted by Crippen LogP contribution is -2.25. The van der Waals surface area contributed by atoms with Crippen molar-refractivity contribution >= 4 is 18.3 Å². The van der Waals surface area contributed by atoms with Crippen LogP contribution in [-0.2, 0) is 13.1 Å². The molecular weight excluding hydrogens is 399 g/mol. The van der Waals surface area contributed by atoms with E-state index in [-0.39, 0.29) is 18.3 Å². The largest absolute Gasteiger partial charge is 0.337 e. The summed E-state index contributed by atoms with van der Waals surface area (Å²) in [6, 6.07) is 4.18. The molecule has 2 aliphatic rings. The molecule has 29 heavy (non-hydrogen) atoms. The van der Waals surface area contributed by atoms with Crippen LogP contribution in [0.4, 0.5) is 4.39 Å². The summed E-state index contributed by atoms with van der Waals surface area (Å²) in [7, 11) is 1.68. The fourth-order valence-electron chi connectivity index (χ4n) is 3.86. The molecule has 0 bridgehead atoms. The van der Waals surface area contributed by atoms with Gasteiger partial charge < -0.3 is 9.42 Å². The van der Waals surface area contributed by atoms with Crippen LogP contribution < -0.4 is 0 Å². The number of carbonyl (C=O) groups excluding carboxylic acids is 1. The monoisotopic (exact) mass is 418 g/mol. The van der Waals surface area contributed by atoms with Crippen LogP contribution in [-0.4, -0.2) is 55.5 Å². The van der Waals surface area contributed by atoms with Crippen LogP contribution in [0.5, 0.6) is 0 Å². The Hall–Kier alpha value is -2.78. The Bertz CT molecular complexity index is 1060. The van der Waals surface area contributed by atoms with Crippen molar-refractivity contribution in [3.63, 3.8) is 0 Å². The quantitative estimate of drug-likeness (QED) is 0.650. The summed E-state index contributed by atoms with van der Waals surface area (Å²) in [6.45, 7) is 3.01. The van der Waals surface area contributed by atoms with Gasteiger partial charge in [0.05, 0.1) is 30.0 Å². The van der Waals surface area contributed by atoms with Gasteiger partial charge in [-0.25, -0.2) is 9.37 Å². The maximum atomic E-state index is 13.7. The molecule has 8 nitrogen and oxygen atoms in total. The molecule has 0 unspecified atom stereocenters. The van der Waals surface area contributed by atoms with E-state index in [1.54, 1.807) is 24.0 Å². The maximum absolute atomic E-state index is 13.7. The second kappa shape index (κ2) is 7.57. The van der Waals surface area contributed by atoms with Gasteiger partial charge in [-0.2, -0.15) is 4.98 Å². The highest BCUT2D eigenvalue weighted by atomic mass is 35.5. The number of rotatable bonds is 3. The summed E-state index contributed by atoms with van der Waals surface area (Å²) in [5.41, 5.74) is 2.21. The molecule has 0 radical (unpaired) electrons. The molecule has 3 aromatic rings. The van der Waals surface area contributed by atoms with Crippen molar-refractivity contribution in [3.05, 3.63) is 47.5 Å². The first-order valence-corrected chi connectivity index (χ1v) is 9.27. The van der Waals surface area contributed by atoms with Gasteiger partial charge in [-0.3, -0.25) is 14.3 Å². The van der Waals surface area contributed by atoms with Gasteiger partial charge in [0.25, 0.3) is 5.91 Å². The molecule has 4 heterocycles. The van der Waals surface area contributed by atoms with E-state index in [1.165, 1.54) is 29.9 Å². The molecule has 0 N–H and O–H groups in total. The summed E-state index contributed by atoms with van der Waals surface area (Å²) in [4.78, 5) is 25.5. The summed E-state index contributed by atoms with van der Waals surface area (Å²) in [6.07, 6.45) is 4.00. The average Bonchev–Trinajstić information content (AvgIpc) is 3.42. The zero-order chi connectivity index (χ0) is 19.3. The van der Waals surface area contributed by atoms with E-state index in [9.17, 15) is 9.18 Å². The van der Waals surface area contributed by atoms with Crippen molar-refractivity contribution in [2.75, 3.05) is 20.1 Å². The first-order valence-electron chi connectivity index (χ1n) is 9.27. The fourth-order valence-corrected chi connectivity index (χ4v) is 3.86. The zero-order valence-electron chi connectivity index (χ0n) is 15.8. The highest BCUT2D eigenvalue weighted by Gasteiger charge is 2.28. The first-order chi connectivity index (χ1) is 13.6. The lowest BCUT2D eigenvalue weighted by Gasteiger charge is -2.14.